The lowest BCUT2D eigenvalue weighted by atomic mass is 10.1. The van der Waals surface area contributed by atoms with Crippen LogP contribution in [0, 0.1) is 12.8 Å². The Bertz CT molecular complexity index is 737. The summed E-state index contributed by atoms with van der Waals surface area (Å²) < 4.78 is 10.4. The first kappa shape index (κ1) is 20.2. The minimum atomic E-state index is -0.409. The summed E-state index contributed by atoms with van der Waals surface area (Å²) in [6.45, 7) is 3.64. The van der Waals surface area contributed by atoms with Gasteiger partial charge in [-0.25, -0.2) is 4.79 Å². The van der Waals surface area contributed by atoms with Gasteiger partial charge in [-0.3, -0.25) is 9.79 Å². The molecule has 8 heteroatoms. The summed E-state index contributed by atoms with van der Waals surface area (Å²) in [5.74, 6) is 1.93. The van der Waals surface area contributed by atoms with Crippen LogP contribution in [0.3, 0.4) is 0 Å². The Morgan fingerprint density at radius 1 is 1.32 bits per heavy atom. The molecule has 2 aliphatic rings. The lowest BCUT2D eigenvalue weighted by molar-refractivity contribution is -0.134. The van der Waals surface area contributed by atoms with Crippen LogP contribution in [0.15, 0.2) is 15.5 Å². The topological polar surface area (TPSA) is 96.2 Å². The van der Waals surface area contributed by atoms with Gasteiger partial charge in [0.25, 0.3) is 0 Å². The van der Waals surface area contributed by atoms with Crippen LogP contribution in [0.5, 0.6) is 0 Å². The number of amides is 1. The largest absolute Gasteiger partial charge is 0.465 e. The number of rotatable bonds is 5. The summed E-state index contributed by atoms with van der Waals surface area (Å²) in [7, 11) is 3.06. The summed E-state index contributed by atoms with van der Waals surface area (Å²) in [5, 5.41) is 6.58. The molecule has 2 heterocycles. The van der Waals surface area contributed by atoms with Crippen LogP contribution in [0.4, 0.5) is 0 Å². The predicted octanol–water partition coefficient (Wildman–Crippen LogP) is 1.83. The Kier molecular flexibility index (Phi) is 6.59. The van der Waals surface area contributed by atoms with Crippen molar-refractivity contribution in [1.82, 2.24) is 15.5 Å². The Hall–Kier alpha value is -2.51. The molecule has 1 aromatic heterocycles. The van der Waals surface area contributed by atoms with Crippen molar-refractivity contribution in [2.24, 2.45) is 10.9 Å². The molecule has 1 saturated carbocycles. The lowest BCUT2D eigenvalue weighted by Crippen LogP contribution is -2.45. The molecule has 2 fully saturated rings. The molecule has 8 nitrogen and oxygen atoms in total. The van der Waals surface area contributed by atoms with E-state index in [0.29, 0.717) is 42.0 Å². The van der Waals surface area contributed by atoms with E-state index in [1.165, 1.54) is 20.0 Å². The molecule has 0 bridgehead atoms. The number of carbonyl (C=O) groups excluding carboxylic acids is 2. The van der Waals surface area contributed by atoms with Crippen LogP contribution in [0.25, 0.3) is 0 Å². The molecule has 0 aromatic carbocycles. The van der Waals surface area contributed by atoms with Crippen LogP contribution in [-0.2, 0) is 16.1 Å². The fourth-order valence-electron chi connectivity index (χ4n) is 4.01. The van der Waals surface area contributed by atoms with E-state index in [-0.39, 0.29) is 12.0 Å². The second-order valence-corrected chi connectivity index (χ2v) is 7.50. The highest BCUT2D eigenvalue weighted by molar-refractivity contribution is 5.90. The number of carbonyl (C=O) groups is 2. The summed E-state index contributed by atoms with van der Waals surface area (Å²) in [6, 6.07) is 1.86. The van der Waals surface area contributed by atoms with Crippen molar-refractivity contribution in [1.29, 1.82) is 0 Å². The molecular weight excluding hydrogens is 360 g/mol. The van der Waals surface area contributed by atoms with Gasteiger partial charge in [0, 0.05) is 32.1 Å². The van der Waals surface area contributed by atoms with Gasteiger partial charge in [-0.05, 0) is 32.3 Å². The molecule has 0 radical (unpaired) electrons. The Morgan fingerprint density at radius 3 is 2.75 bits per heavy atom. The fourth-order valence-corrected chi connectivity index (χ4v) is 4.01. The maximum atomic E-state index is 12.6. The average Bonchev–Trinajstić information content (AvgIpc) is 3.45. The minimum absolute atomic E-state index is 0.181. The van der Waals surface area contributed by atoms with E-state index in [2.05, 4.69) is 15.6 Å². The Balaban J connectivity index is 1.49. The van der Waals surface area contributed by atoms with Gasteiger partial charge in [0.15, 0.2) is 5.96 Å². The molecule has 1 aromatic rings. The van der Waals surface area contributed by atoms with Gasteiger partial charge >= 0.3 is 5.97 Å². The number of methoxy groups -OCH3 is 1. The van der Waals surface area contributed by atoms with Crippen LogP contribution in [0.2, 0.25) is 0 Å². The molecule has 154 valence electrons. The third kappa shape index (κ3) is 4.66. The van der Waals surface area contributed by atoms with Gasteiger partial charge in [0.05, 0.1) is 13.7 Å². The number of esters is 1. The number of nitrogens with zero attached hydrogens (tertiary/aromatic N) is 2. The van der Waals surface area contributed by atoms with Crippen LogP contribution >= 0.6 is 0 Å². The maximum absolute atomic E-state index is 12.6. The summed E-state index contributed by atoms with van der Waals surface area (Å²) in [6.07, 6.45) is 5.32. The molecule has 2 N–H and O–H groups in total. The first-order valence-corrected chi connectivity index (χ1v) is 9.95. The number of likely N-dealkylation sites (tertiary alicyclic amines) is 1. The van der Waals surface area contributed by atoms with Crippen molar-refractivity contribution in [2.75, 3.05) is 27.2 Å². The first-order valence-electron chi connectivity index (χ1n) is 9.95. The second kappa shape index (κ2) is 9.12. The molecular formula is C20H30N4O4. The third-order valence-electron chi connectivity index (χ3n) is 5.57. The van der Waals surface area contributed by atoms with Gasteiger partial charge in [-0.1, -0.05) is 12.8 Å². The highest BCUT2D eigenvalue weighted by Gasteiger charge is 2.32. The number of guanidine groups is 1. The van der Waals surface area contributed by atoms with Crippen LogP contribution in [0.1, 0.15) is 54.0 Å². The van der Waals surface area contributed by atoms with Crippen molar-refractivity contribution < 1.29 is 18.7 Å². The van der Waals surface area contributed by atoms with E-state index >= 15 is 0 Å². The van der Waals surface area contributed by atoms with E-state index in [9.17, 15) is 9.59 Å². The Morgan fingerprint density at radius 2 is 2.07 bits per heavy atom. The molecule has 1 unspecified atom stereocenters. The van der Waals surface area contributed by atoms with E-state index in [4.69, 9.17) is 9.15 Å². The van der Waals surface area contributed by atoms with Gasteiger partial charge in [0.2, 0.25) is 5.91 Å². The van der Waals surface area contributed by atoms with Gasteiger partial charge in [0.1, 0.15) is 17.1 Å². The molecule has 1 aliphatic carbocycles. The van der Waals surface area contributed by atoms with Crippen LogP contribution < -0.4 is 10.6 Å². The zero-order valence-electron chi connectivity index (χ0n) is 16.9. The normalized spacial score (nSPS) is 20.5. The highest BCUT2D eigenvalue weighted by atomic mass is 16.5. The zero-order valence-corrected chi connectivity index (χ0v) is 16.9. The maximum Gasteiger partial charge on any atom is 0.341 e. The number of hydrogen-bond donors (Lipinski definition) is 2. The average molecular weight is 390 g/mol. The number of nitrogens with one attached hydrogen (secondary N) is 2. The molecule has 1 amide bonds. The van der Waals surface area contributed by atoms with Crippen molar-refractivity contribution in [3.05, 3.63) is 23.2 Å². The van der Waals surface area contributed by atoms with E-state index in [0.717, 1.165) is 25.8 Å². The van der Waals surface area contributed by atoms with Gasteiger partial charge in [-0.15, -0.1) is 0 Å². The molecule has 3 rings (SSSR count). The standard InChI is InChI=1S/C20H30N4O4/c1-13-17(19(26)27-3)10-16(28-13)11-22-20(21-2)23-15-8-9-24(12-15)18(25)14-6-4-5-7-14/h10,14-15H,4-9,11-12H2,1-3H3,(H2,21,22,23). The van der Waals surface area contributed by atoms with Gasteiger partial charge < -0.3 is 24.7 Å². The quantitative estimate of drug-likeness (QED) is 0.452. The van der Waals surface area contributed by atoms with Crippen molar-refractivity contribution >= 4 is 17.8 Å². The van der Waals surface area contributed by atoms with Gasteiger partial charge in [-0.2, -0.15) is 0 Å². The molecule has 1 saturated heterocycles. The SMILES string of the molecule is CN=C(NCc1cc(C(=O)OC)c(C)o1)NC1CCN(C(=O)C2CCCC2)C1. The predicted molar refractivity (Wildman–Crippen MR) is 105 cm³/mol. The van der Waals surface area contributed by atoms with E-state index < -0.39 is 5.97 Å². The highest BCUT2D eigenvalue weighted by Crippen LogP contribution is 2.27. The third-order valence-corrected chi connectivity index (χ3v) is 5.57. The number of aryl methyl sites for hydroxylation is 1. The van der Waals surface area contributed by atoms with Crippen molar-refractivity contribution in [3.8, 4) is 0 Å². The molecule has 28 heavy (non-hydrogen) atoms. The summed E-state index contributed by atoms with van der Waals surface area (Å²) in [5.41, 5.74) is 0.430. The van der Waals surface area contributed by atoms with E-state index in [1.54, 1.807) is 20.0 Å². The number of hydrogen-bond acceptors (Lipinski definition) is 5. The fraction of sp³-hybridized carbons (Fsp3) is 0.650. The van der Waals surface area contributed by atoms with Crippen molar-refractivity contribution in [3.63, 3.8) is 0 Å². The number of ether oxygens (including phenoxy) is 1. The molecule has 1 aliphatic heterocycles. The van der Waals surface area contributed by atoms with Crippen LogP contribution in [-0.4, -0.2) is 56.0 Å². The minimum Gasteiger partial charge on any atom is -0.465 e. The number of aliphatic imine (C=N–C) groups is 1. The Labute approximate surface area is 165 Å². The molecule has 0 spiro atoms. The molecule has 1 atom stereocenters. The zero-order chi connectivity index (χ0) is 20.1. The first-order chi connectivity index (χ1) is 13.5. The second-order valence-electron chi connectivity index (χ2n) is 7.50. The van der Waals surface area contributed by atoms with E-state index in [1.807, 2.05) is 4.90 Å². The number of furan rings is 1. The smallest absolute Gasteiger partial charge is 0.341 e. The van der Waals surface area contributed by atoms with Crippen molar-refractivity contribution in [2.45, 2.75) is 51.6 Å². The summed E-state index contributed by atoms with van der Waals surface area (Å²) >= 11 is 0. The monoisotopic (exact) mass is 390 g/mol. The summed E-state index contributed by atoms with van der Waals surface area (Å²) in [4.78, 5) is 30.5. The lowest BCUT2D eigenvalue weighted by Gasteiger charge is -2.21.